The number of rotatable bonds is 4. The van der Waals surface area contributed by atoms with Crippen molar-refractivity contribution in [1.82, 2.24) is 5.32 Å². The number of benzene rings is 1. The lowest BCUT2D eigenvalue weighted by Gasteiger charge is -2.29. The highest BCUT2D eigenvalue weighted by molar-refractivity contribution is 6.31. The molecule has 1 atom stereocenters. The number of hydrogen-bond acceptors (Lipinski definition) is 3. The average Bonchev–Trinajstić information content (AvgIpc) is 2.52. The van der Waals surface area contributed by atoms with Gasteiger partial charge in [-0.15, -0.1) is 0 Å². The molecular weight excluding hydrogens is 344 g/mol. The Balaban J connectivity index is 2.14. The summed E-state index contributed by atoms with van der Waals surface area (Å²) in [7, 11) is 0. The second-order valence-electron chi connectivity index (χ2n) is 7.31. The molecule has 0 aromatic heterocycles. The van der Waals surface area contributed by atoms with E-state index in [1.165, 1.54) is 0 Å². The van der Waals surface area contributed by atoms with E-state index in [1.807, 2.05) is 6.07 Å². The molecule has 1 aromatic rings. The zero-order valence-electron chi connectivity index (χ0n) is 14.8. The van der Waals surface area contributed by atoms with Gasteiger partial charge in [0.05, 0.1) is 0 Å². The summed E-state index contributed by atoms with van der Waals surface area (Å²) in [6.07, 6.45) is 0.0669. The quantitative estimate of drug-likeness (QED) is 0.757. The molecule has 2 amide bonds. The molecule has 7 heteroatoms. The topological polar surface area (TPSA) is 87.7 Å². The van der Waals surface area contributed by atoms with E-state index in [2.05, 4.69) is 31.4 Å². The lowest BCUT2D eigenvalue weighted by Crippen LogP contribution is -2.49. The van der Waals surface area contributed by atoms with Gasteiger partial charge in [-0.1, -0.05) is 38.4 Å². The molecule has 0 bridgehead atoms. The third-order valence-electron chi connectivity index (χ3n) is 4.34. The van der Waals surface area contributed by atoms with Gasteiger partial charge < -0.3 is 20.5 Å². The molecule has 138 valence electrons. The van der Waals surface area contributed by atoms with Crippen LogP contribution in [0.4, 0.5) is 10.5 Å². The van der Waals surface area contributed by atoms with E-state index in [1.54, 1.807) is 12.1 Å². The summed E-state index contributed by atoms with van der Waals surface area (Å²) in [5, 5.41) is 14.7. The zero-order valence-corrected chi connectivity index (χ0v) is 15.5. The molecule has 6 nitrogen and oxygen atoms in total. The summed E-state index contributed by atoms with van der Waals surface area (Å²) in [6, 6.07) is 4.54. The predicted octanol–water partition coefficient (Wildman–Crippen LogP) is 3.64. The van der Waals surface area contributed by atoms with Gasteiger partial charge in [0, 0.05) is 23.9 Å². The normalized spacial score (nSPS) is 17.0. The first kappa shape index (κ1) is 19.5. The Bertz CT molecular complexity index is 636. The van der Waals surface area contributed by atoms with E-state index < -0.39 is 12.1 Å². The van der Waals surface area contributed by atoms with Crippen molar-refractivity contribution < 1.29 is 19.4 Å². The Morgan fingerprint density at radius 2 is 1.92 bits per heavy atom. The third kappa shape index (κ3) is 5.34. The highest BCUT2D eigenvalue weighted by atomic mass is 35.5. The van der Waals surface area contributed by atoms with Crippen molar-refractivity contribution in [2.75, 3.05) is 18.5 Å². The summed E-state index contributed by atoms with van der Waals surface area (Å²) in [4.78, 5) is 23.7. The lowest BCUT2D eigenvalue weighted by atomic mass is 9.87. The maximum absolute atomic E-state index is 12.6. The van der Waals surface area contributed by atoms with Crippen LogP contribution in [0.3, 0.4) is 0 Å². The van der Waals surface area contributed by atoms with Gasteiger partial charge in [-0.3, -0.25) is 4.79 Å². The summed E-state index contributed by atoms with van der Waals surface area (Å²) in [5.74, 6) is -0.469. The van der Waals surface area contributed by atoms with Crippen LogP contribution in [0, 0.1) is 5.92 Å². The van der Waals surface area contributed by atoms with Crippen molar-refractivity contribution in [3.8, 4) is 0 Å². The molecule has 0 radical (unpaired) electrons. The van der Waals surface area contributed by atoms with Crippen LogP contribution < -0.4 is 10.6 Å². The largest absolute Gasteiger partial charge is 0.465 e. The van der Waals surface area contributed by atoms with E-state index in [4.69, 9.17) is 21.4 Å². The average molecular weight is 369 g/mol. The molecule has 1 aromatic carbocycles. The molecule has 25 heavy (non-hydrogen) atoms. The number of carbonyl (C=O) groups is 2. The van der Waals surface area contributed by atoms with Gasteiger partial charge in [0.25, 0.3) is 0 Å². The van der Waals surface area contributed by atoms with Crippen LogP contribution in [0.2, 0.25) is 5.02 Å². The fourth-order valence-corrected chi connectivity index (χ4v) is 3.46. The Morgan fingerprint density at radius 1 is 1.28 bits per heavy atom. The van der Waals surface area contributed by atoms with Crippen LogP contribution in [-0.4, -0.2) is 36.4 Å². The number of amides is 2. The van der Waals surface area contributed by atoms with Crippen molar-refractivity contribution in [3.05, 3.63) is 28.8 Å². The SMILES string of the molecule is CC(C)(C)c1ccc(NC(=O)[C@H](NC(=O)O)C2CCOCC2)cc1Cl. The Morgan fingerprint density at radius 3 is 2.44 bits per heavy atom. The van der Waals surface area contributed by atoms with Gasteiger partial charge in [0.15, 0.2) is 0 Å². The maximum atomic E-state index is 12.6. The summed E-state index contributed by atoms with van der Waals surface area (Å²) in [6.45, 7) is 7.24. The number of hydrogen-bond donors (Lipinski definition) is 3. The molecule has 1 fully saturated rings. The van der Waals surface area contributed by atoms with E-state index >= 15 is 0 Å². The van der Waals surface area contributed by atoms with Gasteiger partial charge in [0.1, 0.15) is 6.04 Å². The van der Waals surface area contributed by atoms with Gasteiger partial charge in [-0.25, -0.2) is 4.79 Å². The second-order valence-corrected chi connectivity index (χ2v) is 7.72. The highest BCUT2D eigenvalue weighted by Crippen LogP contribution is 2.31. The van der Waals surface area contributed by atoms with E-state index in [0.29, 0.717) is 36.8 Å². The van der Waals surface area contributed by atoms with Gasteiger partial charge >= 0.3 is 6.09 Å². The van der Waals surface area contributed by atoms with E-state index in [-0.39, 0.29) is 17.2 Å². The monoisotopic (exact) mass is 368 g/mol. The molecule has 1 heterocycles. The minimum absolute atomic E-state index is 0.0887. The van der Waals surface area contributed by atoms with Crippen LogP contribution in [-0.2, 0) is 14.9 Å². The van der Waals surface area contributed by atoms with Crippen molar-refractivity contribution in [3.63, 3.8) is 0 Å². The number of carbonyl (C=O) groups excluding carboxylic acids is 1. The van der Waals surface area contributed by atoms with Crippen molar-refractivity contribution in [1.29, 1.82) is 0 Å². The van der Waals surface area contributed by atoms with Crippen LogP contribution in [0.15, 0.2) is 18.2 Å². The molecule has 0 unspecified atom stereocenters. The van der Waals surface area contributed by atoms with Gasteiger partial charge in [-0.2, -0.15) is 0 Å². The maximum Gasteiger partial charge on any atom is 0.405 e. The number of anilines is 1. The Kier molecular flexibility index (Phi) is 6.30. The summed E-state index contributed by atoms with van der Waals surface area (Å²) in [5.41, 5.74) is 1.43. The lowest BCUT2D eigenvalue weighted by molar-refractivity contribution is -0.120. The van der Waals surface area contributed by atoms with Crippen LogP contribution in [0.1, 0.15) is 39.2 Å². The molecular formula is C18H25ClN2O4. The fourth-order valence-electron chi connectivity index (χ4n) is 3.00. The third-order valence-corrected chi connectivity index (χ3v) is 4.66. The molecule has 2 rings (SSSR count). The van der Waals surface area contributed by atoms with Gasteiger partial charge in [0.2, 0.25) is 5.91 Å². The van der Waals surface area contributed by atoms with Crippen molar-refractivity contribution in [2.45, 2.75) is 45.1 Å². The molecule has 1 aliphatic rings. The standard InChI is InChI=1S/C18H25ClN2O4/c1-18(2,3)13-5-4-12(10-14(13)19)20-16(22)15(21-17(23)24)11-6-8-25-9-7-11/h4-5,10-11,15,21H,6-9H2,1-3H3,(H,20,22)(H,23,24)/t15-/m1/s1. The van der Waals surface area contributed by atoms with E-state index in [0.717, 1.165) is 5.56 Å². The number of halogens is 1. The van der Waals surface area contributed by atoms with Gasteiger partial charge in [-0.05, 0) is 41.9 Å². The minimum Gasteiger partial charge on any atom is -0.465 e. The smallest absolute Gasteiger partial charge is 0.405 e. The first-order valence-corrected chi connectivity index (χ1v) is 8.74. The van der Waals surface area contributed by atoms with Crippen molar-refractivity contribution in [2.24, 2.45) is 5.92 Å². The molecule has 0 saturated carbocycles. The minimum atomic E-state index is -1.22. The molecule has 3 N–H and O–H groups in total. The number of carboxylic acid groups (broad SMARTS) is 1. The molecule has 1 saturated heterocycles. The summed E-state index contributed by atoms with van der Waals surface area (Å²) < 4.78 is 5.29. The van der Waals surface area contributed by atoms with Crippen LogP contribution in [0.5, 0.6) is 0 Å². The first-order valence-electron chi connectivity index (χ1n) is 8.36. The molecule has 1 aliphatic heterocycles. The fraction of sp³-hybridized carbons (Fsp3) is 0.556. The Hall–Kier alpha value is -1.79. The van der Waals surface area contributed by atoms with E-state index in [9.17, 15) is 9.59 Å². The van der Waals surface area contributed by atoms with Crippen molar-refractivity contribution >= 4 is 29.3 Å². The first-order chi connectivity index (χ1) is 11.7. The highest BCUT2D eigenvalue weighted by Gasteiger charge is 2.31. The molecule has 0 aliphatic carbocycles. The summed E-state index contributed by atoms with van der Waals surface area (Å²) >= 11 is 6.33. The predicted molar refractivity (Wildman–Crippen MR) is 97.3 cm³/mol. The molecule has 0 spiro atoms. The Labute approximate surface area is 152 Å². The number of ether oxygens (including phenoxy) is 1. The van der Waals surface area contributed by atoms with Crippen LogP contribution in [0.25, 0.3) is 0 Å². The number of nitrogens with one attached hydrogen (secondary N) is 2. The van der Waals surface area contributed by atoms with Crippen LogP contribution >= 0.6 is 11.6 Å². The zero-order chi connectivity index (χ0) is 18.6. The second kappa shape index (κ2) is 8.06.